The third-order valence-corrected chi connectivity index (χ3v) is 4.75. The molecule has 2 aromatic rings. The Morgan fingerprint density at radius 3 is 2.85 bits per heavy atom. The summed E-state index contributed by atoms with van der Waals surface area (Å²) in [6.45, 7) is 2.63. The van der Waals surface area contributed by atoms with E-state index in [1.54, 1.807) is 12.1 Å². The van der Waals surface area contributed by atoms with E-state index in [-0.39, 0.29) is 11.9 Å². The van der Waals surface area contributed by atoms with Crippen molar-refractivity contribution in [2.24, 2.45) is 0 Å². The second-order valence-corrected chi connectivity index (χ2v) is 6.50. The van der Waals surface area contributed by atoms with E-state index in [9.17, 15) is 4.79 Å². The molecule has 0 saturated carbocycles. The fourth-order valence-corrected chi connectivity index (χ4v) is 2.95. The first-order valence-corrected chi connectivity index (χ1v) is 7.51. The maximum atomic E-state index is 12.2. The number of anilines is 1. The number of nitrogens with one attached hydrogen (secondary N) is 1. The lowest BCUT2D eigenvalue weighted by Gasteiger charge is -2.19. The van der Waals surface area contributed by atoms with Gasteiger partial charge in [0.2, 0.25) is 0 Å². The highest BCUT2D eigenvalue weighted by Crippen LogP contribution is 2.35. The Hall–Kier alpha value is -1.30. The van der Waals surface area contributed by atoms with Crippen molar-refractivity contribution in [3.05, 3.63) is 28.1 Å². The number of carbonyl (C=O) groups excluding carboxylic acids is 1. The molecule has 0 bridgehead atoms. The van der Waals surface area contributed by atoms with Gasteiger partial charge in [0.05, 0.1) is 5.69 Å². The Bertz CT molecular complexity index is 639. The molecule has 1 aromatic heterocycles. The number of nitrogen functional groups attached to an aromatic ring is 1. The van der Waals surface area contributed by atoms with E-state index in [1.165, 1.54) is 11.3 Å². The Kier molecular flexibility index (Phi) is 4.52. The van der Waals surface area contributed by atoms with Gasteiger partial charge in [0, 0.05) is 27.7 Å². The maximum Gasteiger partial charge on any atom is 0.263 e. The average Bonchev–Trinajstić information content (AvgIpc) is 2.73. The van der Waals surface area contributed by atoms with E-state index >= 15 is 0 Å². The molecule has 0 aliphatic rings. The molecule has 0 aliphatic carbocycles. The summed E-state index contributed by atoms with van der Waals surface area (Å²) < 4.78 is 0.970. The summed E-state index contributed by atoms with van der Waals surface area (Å²) in [5.41, 5.74) is 6.56. The van der Waals surface area contributed by atoms with Gasteiger partial charge in [-0.2, -0.15) is 0 Å². The first-order valence-electron chi connectivity index (χ1n) is 6.32. The largest absolute Gasteiger partial charge is 0.397 e. The van der Waals surface area contributed by atoms with Gasteiger partial charge in [-0.3, -0.25) is 4.79 Å². The van der Waals surface area contributed by atoms with Gasteiger partial charge in [-0.25, -0.2) is 0 Å². The summed E-state index contributed by atoms with van der Waals surface area (Å²) in [4.78, 5) is 14.8. The molecule has 0 saturated heterocycles. The maximum absolute atomic E-state index is 12.2. The minimum atomic E-state index is -0.131. The molecule has 4 nitrogen and oxygen atoms in total. The molecule has 1 atom stereocenters. The number of likely N-dealkylation sites (N-methyl/N-ethyl adjacent to an activating group) is 1. The number of hydrogen-bond acceptors (Lipinski definition) is 4. The van der Waals surface area contributed by atoms with E-state index in [4.69, 9.17) is 17.3 Å². The number of nitrogens with two attached hydrogens (primary N) is 1. The van der Waals surface area contributed by atoms with Crippen molar-refractivity contribution in [1.82, 2.24) is 10.2 Å². The van der Waals surface area contributed by atoms with Gasteiger partial charge in [-0.15, -0.1) is 11.3 Å². The molecule has 0 fully saturated rings. The standard InChI is InChI=1S/C14H18ClN3OS/c1-8(18(2)3)7-17-14(19)13-12(16)10-6-9(15)4-5-11(10)20-13/h4-6,8H,7,16H2,1-3H3,(H,17,19). The van der Waals surface area contributed by atoms with Crippen molar-refractivity contribution in [1.29, 1.82) is 0 Å². The monoisotopic (exact) mass is 311 g/mol. The number of halogens is 1. The van der Waals surface area contributed by atoms with E-state index in [2.05, 4.69) is 5.32 Å². The SMILES string of the molecule is CC(CNC(=O)c1sc2ccc(Cl)cc2c1N)N(C)C. The van der Waals surface area contributed by atoms with Crippen LogP contribution in [-0.4, -0.2) is 37.5 Å². The molecule has 0 aliphatic heterocycles. The lowest BCUT2D eigenvalue weighted by molar-refractivity contribution is 0.0948. The van der Waals surface area contributed by atoms with Gasteiger partial charge < -0.3 is 16.0 Å². The molecule has 1 unspecified atom stereocenters. The highest BCUT2D eigenvalue weighted by atomic mass is 35.5. The smallest absolute Gasteiger partial charge is 0.263 e. The Morgan fingerprint density at radius 1 is 1.50 bits per heavy atom. The lowest BCUT2D eigenvalue weighted by atomic mass is 10.2. The number of fused-ring (bicyclic) bond motifs is 1. The molecular weight excluding hydrogens is 294 g/mol. The zero-order chi connectivity index (χ0) is 14.9. The van der Waals surface area contributed by atoms with E-state index < -0.39 is 0 Å². The average molecular weight is 312 g/mol. The molecule has 2 rings (SSSR count). The van der Waals surface area contributed by atoms with Crippen LogP contribution < -0.4 is 11.1 Å². The van der Waals surface area contributed by atoms with Crippen LogP contribution in [-0.2, 0) is 0 Å². The van der Waals surface area contributed by atoms with Crippen molar-refractivity contribution in [3.63, 3.8) is 0 Å². The summed E-state index contributed by atoms with van der Waals surface area (Å²) in [7, 11) is 3.96. The molecular formula is C14H18ClN3OS. The summed E-state index contributed by atoms with van der Waals surface area (Å²) in [5, 5.41) is 4.37. The van der Waals surface area contributed by atoms with Gasteiger partial charge in [-0.05, 0) is 39.2 Å². The first-order chi connectivity index (χ1) is 9.40. The number of amides is 1. The normalized spacial score (nSPS) is 12.8. The number of carbonyl (C=O) groups is 1. The Balaban J connectivity index is 2.20. The molecule has 0 spiro atoms. The second kappa shape index (κ2) is 5.99. The molecule has 1 heterocycles. The molecule has 1 aromatic carbocycles. The summed E-state index contributed by atoms with van der Waals surface area (Å²) >= 11 is 7.35. The van der Waals surface area contributed by atoms with Crippen LogP contribution in [0.5, 0.6) is 0 Å². The van der Waals surface area contributed by atoms with Crippen LogP contribution in [0.4, 0.5) is 5.69 Å². The van der Waals surface area contributed by atoms with Gasteiger partial charge in [0.25, 0.3) is 5.91 Å². The summed E-state index contributed by atoms with van der Waals surface area (Å²) in [6.07, 6.45) is 0. The molecule has 0 radical (unpaired) electrons. The van der Waals surface area contributed by atoms with Crippen molar-refractivity contribution in [3.8, 4) is 0 Å². The topological polar surface area (TPSA) is 58.4 Å². The van der Waals surface area contributed by atoms with Crippen LogP contribution in [0.25, 0.3) is 10.1 Å². The van der Waals surface area contributed by atoms with Gasteiger partial charge in [-0.1, -0.05) is 11.6 Å². The molecule has 6 heteroatoms. The van der Waals surface area contributed by atoms with Gasteiger partial charge in [0.1, 0.15) is 4.88 Å². The highest BCUT2D eigenvalue weighted by Gasteiger charge is 2.17. The zero-order valence-corrected chi connectivity index (χ0v) is 13.3. The van der Waals surface area contributed by atoms with Gasteiger partial charge in [0.15, 0.2) is 0 Å². The quantitative estimate of drug-likeness (QED) is 0.913. The lowest BCUT2D eigenvalue weighted by Crippen LogP contribution is -2.38. The van der Waals surface area contributed by atoms with Crippen LogP contribution in [0, 0.1) is 0 Å². The predicted octanol–water partition coefficient (Wildman–Crippen LogP) is 2.82. The third kappa shape index (κ3) is 3.06. The third-order valence-electron chi connectivity index (χ3n) is 3.33. The first kappa shape index (κ1) is 15.1. The molecule has 1 amide bonds. The van der Waals surface area contributed by atoms with Crippen LogP contribution in [0.15, 0.2) is 18.2 Å². The minimum Gasteiger partial charge on any atom is -0.397 e. The predicted molar refractivity (Wildman–Crippen MR) is 86.7 cm³/mol. The summed E-state index contributed by atoms with van der Waals surface area (Å²) in [6, 6.07) is 5.75. The highest BCUT2D eigenvalue weighted by molar-refractivity contribution is 7.21. The van der Waals surface area contributed by atoms with Crippen LogP contribution in [0.1, 0.15) is 16.6 Å². The number of nitrogens with zero attached hydrogens (tertiary/aromatic N) is 1. The fourth-order valence-electron chi connectivity index (χ4n) is 1.76. The van der Waals surface area contributed by atoms with Crippen molar-refractivity contribution < 1.29 is 4.79 Å². The number of thiophene rings is 1. The van der Waals surface area contributed by atoms with E-state index in [1.807, 2.05) is 32.0 Å². The summed E-state index contributed by atoms with van der Waals surface area (Å²) in [5.74, 6) is -0.131. The van der Waals surface area contributed by atoms with Crippen molar-refractivity contribution in [2.45, 2.75) is 13.0 Å². The molecule has 3 N–H and O–H groups in total. The number of hydrogen-bond donors (Lipinski definition) is 2. The Labute approximate surface area is 127 Å². The Morgan fingerprint density at radius 2 is 2.20 bits per heavy atom. The van der Waals surface area contributed by atoms with E-state index in [0.29, 0.717) is 22.1 Å². The zero-order valence-electron chi connectivity index (χ0n) is 11.7. The van der Waals surface area contributed by atoms with Gasteiger partial charge >= 0.3 is 0 Å². The molecule has 20 heavy (non-hydrogen) atoms. The van der Waals surface area contributed by atoms with Crippen LogP contribution in [0.3, 0.4) is 0 Å². The number of rotatable bonds is 4. The number of benzene rings is 1. The van der Waals surface area contributed by atoms with Crippen LogP contribution >= 0.6 is 22.9 Å². The van der Waals surface area contributed by atoms with Crippen molar-refractivity contribution in [2.75, 3.05) is 26.4 Å². The van der Waals surface area contributed by atoms with Crippen LogP contribution in [0.2, 0.25) is 5.02 Å². The second-order valence-electron chi connectivity index (χ2n) is 5.01. The van der Waals surface area contributed by atoms with Crippen molar-refractivity contribution >= 4 is 44.6 Å². The van der Waals surface area contributed by atoms with E-state index in [0.717, 1.165) is 10.1 Å². The minimum absolute atomic E-state index is 0.131. The molecule has 108 valence electrons. The fraction of sp³-hybridized carbons (Fsp3) is 0.357.